The van der Waals surface area contributed by atoms with E-state index in [9.17, 15) is 34.8 Å². The Morgan fingerprint density at radius 1 is 1.10 bits per heavy atom. The summed E-state index contributed by atoms with van der Waals surface area (Å²) in [7, 11) is 1.56. The first kappa shape index (κ1) is 40.6. The van der Waals surface area contributed by atoms with Crippen molar-refractivity contribution in [3.63, 3.8) is 0 Å². The molecular weight excluding hydrogens is 648 g/mol. The van der Waals surface area contributed by atoms with Crippen LogP contribution in [0.3, 0.4) is 0 Å². The molecule has 284 valence electrons. The molecule has 4 aliphatic heterocycles. The lowest BCUT2D eigenvalue weighted by Gasteiger charge is -2.49. The molecule has 0 aliphatic carbocycles. The Bertz CT molecular complexity index is 1320. The van der Waals surface area contributed by atoms with Crippen LogP contribution in [0, 0.1) is 23.7 Å². The van der Waals surface area contributed by atoms with Crippen molar-refractivity contribution in [1.82, 2.24) is 0 Å². The zero-order chi connectivity index (χ0) is 37.5. The molecule has 0 amide bonds. The maximum atomic E-state index is 14.2. The van der Waals surface area contributed by atoms with Crippen molar-refractivity contribution in [2.75, 3.05) is 7.11 Å². The molecule has 5 unspecified atom stereocenters. The van der Waals surface area contributed by atoms with Gasteiger partial charge in [0.05, 0.1) is 48.3 Å². The van der Waals surface area contributed by atoms with E-state index >= 15 is 0 Å². The highest BCUT2D eigenvalue weighted by molar-refractivity contribution is 6.20. The number of esters is 1. The topological polar surface area (TPSA) is 178 Å². The summed E-state index contributed by atoms with van der Waals surface area (Å²) in [6.45, 7) is 18.1. The molecule has 4 N–H and O–H groups in total. The SMILES string of the molecule is C=C1OC(=O)C(C(=O)C[C@@H]2O[C@@H]([C@@H](C)C(O)C(CC)C(=O)C(C)(O)[C@@H]3CC[C@@](CC)([C@@H]4CCC(O)(C(C)OC)[C@@H](C)O4)O3)[C@@H](C)C[C@@H]2C)=C1O. The van der Waals surface area contributed by atoms with E-state index in [-0.39, 0.29) is 36.5 Å². The normalized spacial score (nSPS) is 38.7. The number of ketones is 2. The van der Waals surface area contributed by atoms with Crippen LogP contribution in [0.4, 0.5) is 0 Å². The number of hydrogen-bond donors (Lipinski definition) is 4. The van der Waals surface area contributed by atoms with E-state index in [0.717, 1.165) is 0 Å². The molecule has 50 heavy (non-hydrogen) atoms. The van der Waals surface area contributed by atoms with Crippen LogP contribution < -0.4 is 0 Å². The van der Waals surface area contributed by atoms with Gasteiger partial charge in [-0.15, -0.1) is 0 Å². The largest absolute Gasteiger partial charge is 0.504 e. The number of aliphatic hydroxyl groups excluding tert-OH is 2. The van der Waals surface area contributed by atoms with Crippen molar-refractivity contribution >= 4 is 17.5 Å². The molecule has 4 rings (SSSR count). The van der Waals surface area contributed by atoms with Crippen molar-refractivity contribution in [1.29, 1.82) is 0 Å². The van der Waals surface area contributed by atoms with Gasteiger partial charge >= 0.3 is 5.97 Å². The minimum Gasteiger partial charge on any atom is -0.504 e. The molecule has 3 saturated heterocycles. The predicted octanol–water partition coefficient (Wildman–Crippen LogP) is 4.26. The second-order valence-corrected chi connectivity index (χ2v) is 15.6. The molecule has 0 radical (unpaired) electrons. The number of hydrogen-bond acceptors (Lipinski definition) is 12. The smallest absolute Gasteiger partial charge is 0.351 e. The third-order valence-corrected chi connectivity index (χ3v) is 12.6. The maximum absolute atomic E-state index is 14.2. The van der Waals surface area contributed by atoms with Gasteiger partial charge in [-0.2, -0.15) is 0 Å². The van der Waals surface area contributed by atoms with Gasteiger partial charge in [-0.05, 0) is 77.6 Å². The molecular formula is C38H60O12. The number of Topliss-reactive ketones (excluding diaryl/α,β-unsaturated/α-hetero) is 2. The van der Waals surface area contributed by atoms with E-state index in [1.165, 1.54) is 6.92 Å². The number of aliphatic hydroxyl groups is 4. The van der Waals surface area contributed by atoms with Gasteiger partial charge in [-0.1, -0.05) is 41.2 Å². The van der Waals surface area contributed by atoms with Crippen LogP contribution in [-0.4, -0.2) is 105 Å². The minimum absolute atomic E-state index is 0.0243. The highest BCUT2D eigenvalue weighted by atomic mass is 16.6. The summed E-state index contributed by atoms with van der Waals surface area (Å²) < 4.78 is 29.7. The van der Waals surface area contributed by atoms with Crippen molar-refractivity contribution in [3.05, 3.63) is 23.7 Å². The van der Waals surface area contributed by atoms with Gasteiger partial charge in [-0.25, -0.2) is 4.79 Å². The Morgan fingerprint density at radius 3 is 2.30 bits per heavy atom. The summed E-state index contributed by atoms with van der Waals surface area (Å²) in [4.78, 5) is 39.4. The maximum Gasteiger partial charge on any atom is 0.351 e. The lowest BCUT2D eigenvalue weighted by Crippen LogP contribution is -2.60. The van der Waals surface area contributed by atoms with Crippen LogP contribution in [0.15, 0.2) is 23.7 Å². The summed E-state index contributed by atoms with van der Waals surface area (Å²) in [5, 5.41) is 45.0. The Kier molecular flexibility index (Phi) is 12.5. The second kappa shape index (κ2) is 15.4. The number of ether oxygens (including phenoxy) is 5. The van der Waals surface area contributed by atoms with E-state index in [4.69, 9.17) is 23.7 Å². The fraction of sp³-hybridized carbons (Fsp3) is 0.816. The molecule has 12 nitrogen and oxygen atoms in total. The first-order valence-corrected chi connectivity index (χ1v) is 18.4. The molecule has 0 aromatic rings. The molecule has 0 aromatic carbocycles. The van der Waals surface area contributed by atoms with E-state index in [1.54, 1.807) is 21.0 Å². The summed E-state index contributed by atoms with van der Waals surface area (Å²) >= 11 is 0. The quantitative estimate of drug-likeness (QED) is 0.149. The second-order valence-electron chi connectivity index (χ2n) is 15.6. The molecule has 0 saturated carbocycles. The van der Waals surface area contributed by atoms with Crippen LogP contribution in [-0.2, 0) is 38.1 Å². The molecule has 14 atom stereocenters. The van der Waals surface area contributed by atoms with Gasteiger partial charge in [0.2, 0.25) is 0 Å². The van der Waals surface area contributed by atoms with Gasteiger partial charge < -0.3 is 44.1 Å². The average molecular weight is 709 g/mol. The fourth-order valence-corrected chi connectivity index (χ4v) is 8.91. The lowest BCUT2D eigenvalue weighted by molar-refractivity contribution is -0.255. The summed E-state index contributed by atoms with van der Waals surface area (Å²) in [5.41, 5.74) is -4.24. The van der Waals surface area contributed by atoms with Crippen LogP contribution in [0.2, 0.25) is 0 Å². The Balaban J connectivity index is 1.45. The third-order valence-electron chi connectivity index (χ3n) is 12.6. The van der Waals surface area contributed by atoms with Gasteiger partial charge in [0.1, 0.15) is 16.8 Å². The van der Waals surface area contributed by atoms with Crippen LogP contribution in [0.5, 0.6) is 0 Å². The standard InChI is InChI=1S/C38H60O12/c1-11-25(31(40)21(5)33-20(4)17-19(3)27(49-33)18-26(39)30-32(41)22(6)47-35(30)43)34(42)36(9,44)28-13-15-37(12-2,50-28)29-14-16-38(45,23(7)46-10)24(8)48-29/h19-21,23-25,27-29,31,33,40-41,44-45H,6,11-18H2,1-5,7-10H3/t19-,20-,21-,23?,24+,25?,27-,28-,29-,31?,33+,36?,37-,38?/m0/s1. The number of cyclic esters (lactones) is 1. The summed E-state index contributed by atoms with van der Waals surface area (Å²) in [5.74, 6) is -4.47. The van der Waals surface area contributed by atoms with Gasteiger partial charge in [-0.3, -0.25) is 9.59 Å². The average Bonchev–Trinajstić information content (AvgIpc) is 3.63. The third kappa shape index (κ3) is 7.36. The highest BCUT2D eigenvalue weighted by Gasteiger charge is 2.57. The minimum atomic E-state index is -1.90. The molecule has 12 heteroatoms. The highest BCUT2D eigenvalue weighted by Crippen LogP contribution is 2.47. The Morgan fingerprint density at radius 2 is 1.76 bits per heavy atom. The number of methoxy groups -OCH3 is 1. The van der Waals surface area contributed by atoms with Crippen molar-refractivity contribution < 1.29 is 58.5 Å². The lowest BCUT2D eigenvalue weighted by atomic mass is 9.73. The van der Waals surface area contributed by atoms with Crippen molar-refractivity contribution in [2.45, 2.75) is 166 Å². The monoisotopic (exact) mass is 708 g/mol. The summed E-state index contributed by atoms with van der Waals surface area (Å²) in [6, 6.07) is 0. The first-order chi connectivity index (χ1) is 23.3. The zero-order valence-electron chi connectivity index (χ0n) is 31.3. The van der Waals surface area contributed by atoms with Gasteiger partial charge in [0, 0.05) is 25.4 Å². The van der Waals surface area contributed by atoms with Crippen molar-refractivity contribution in [3.8, 4) is 0 Å². The van der Waals surface area contributed by atoms with E-state index < -0.39 is 94.1 Å². The van der Waals surface area contributed by atoms with Gasteiger partial charge in [0.15, 0.2) is 23.1 Å². The van der Waals surface area contributed by atoms with Crippen LogP contribution in [0.1, 0.15) is 107 Å². The molecule has 0 spiro atoms. The fourth-order valence-electron chi connectivity index (χ4n) is 8.91. The number of carbonyl (C=O) groups is 3. The zero-order valence-corrected chi connectivity index (χ0v) is 31.3. The molecule has 3 fully saturated rings. The van der Waals surface area contributed by atoms with Crippen molar-refractivity contribution in [2.24, 2.45) is 23.7 Å². The van der Waals surface area contributed by atoms with E-state index in [2.05, 4.69) is 6.58 Å². The number of carbonyl (C=O) groups excluding carboxylic acids is 3. The van der Waals surface area contributed by atoms with Crippen LogP contribution >= 0.6 is 0 Å². The van der Waals surface area contributed by atoms with E-state index in [1.807, 2.05) is 34.6 Å². The predicted molar refractivity (Wildman–Crippen MR) is 183 cm³/mol. The summed E-state index contributed by atoms with van der Waals surface area (Å²) in [6.07, 6.45) is -1.08. The Hall–Kier alpha value is -2.19. The van der Waals surface area contributed by atoms with Gasteiger partial charge in [0.25, 0.3) is 0 Å². The molecule has 4 aliphatic rings. The van der Waals surface area contributed by atoms with E-state index in [0.29, 0.717) is 38.5 Å². The number of rotatable bonds is 14. The van der Waals surface area contributed by atoms with Crippen LogP contribution in [0.25, 0.3) is 0 Å². The first-order valence-electron chi connectivity index (χ1n) is 18.4. The molecule has 0 bridgehead atoms. The molecule has 0 aromatic heterocycles. The Labute approximate surface area is 296 Å². The molecule has 4 heterocycles.